The normalized spacial score (nSPS) is 32.7. The van der Waals surface area contributed by atoms with E-state index >= 15 is 0 Å². The van der Waals surface area contributed by atoms with Crippen molar-refractivity contribution in [2.45, 2.75) is 39.7 Å². The van der Waals surface area contributed by atoms with Gasteiger partial charge in [0.25, 0.3) is 0 Å². The minimum atomic E-state index is 0.341. The van der Waals surface area contributed by atoms with Crippen molar-refractivity contribution in [3.63, 3.8) is 0 Å². The predicted molar refractivity (Wildman–Crippen MR) is 77.9 cm³/mol. The van der Waals surface area contributed by atoms with E-state index in [1.807, 2.05) is 0 Å². The molecule has 0 radical (unpaired) electrons. The number of piperidine rings is 1. The van der Waals surface area contributed by atoms with Crippen molar-refractivity contribution >= 4 is 0 Å². The third-order valence-electron chi connectivity index (χ3n) is 4.78. The zero-order chi connectivity index (χ0) is 13.2. The Morgan fingerprint density at radius 3 is 2.33 bits per heavy atom. The molecule has 0 spiro atoms. The van der Waals surface area contributed by atoms with Gasteiger partial charge in [-0.15, -0.1) is 0 Å². The lowest BCUT2D eigenvalue weighted by Crippen LogP contribution is -2.54. The first-order chi connectivity index (χ1) is 8.47. The van der Waals surface area contributed by atoms with Crippen molar-refractivity contribution < 1.29 is 0 Å². The summed E-state index contributed by atoms with van der Waals surface area (Å²) < 4.78 is 0. The van der Waals surface area contributed by atoms with Crippen LogP contribution >= 0.6 is 0 Å². The molecule has 0 aliphatic carbocycles. The van der Waals surface area contributed by atoms with E-state index in [0.29, 0.717) is 5.54 Å². The third kappa shape index (κ3) is 3.69. The molecule has 2 unspecified atom stereocenters. The lowest BCUT2D eigenvalue weighted by Gasteiger charge is -2.44. The second-order valence-electron chi connectivity index (χ2n) is 7.19. The van der Waals surface area contributed by atoms with Crippen LogP contribution in [0.25, 0.3) is 0 Å². The Hall–Kier alpha value is -0.120. The van der Waals surface area contributed by atoms with Crippen molar-refractivity contribution in [3.05, 3.63) is 0 Å². The average Bonchev–Trinajstić information content (AvgIpc) is 2.32. The van der Waals surface area contributed by atoms with Crippen molar-refractivity contribution in [3.8, 4) is 0 Å². The molecule has 106 valence electrons. The fourth-order valence-electron chi connectivity index (χ4n) is 3.27. The summed E-state index contributed by atoms with van der Waals surface area (Å²) in [5.74, 6) is 1.76. The molecule has 0 saturated carbocycles. The fourth-order valence-corrected chi connectivity index (χ4v) is 3.27. The third-order valence-corrected chi connectivity index (χ3v) is 4.78. The molecule has 0 aromatic rings. The van der Waals surface area contributed by atoms with Crippen LogP contribution in [0.5, 0.6) is 0 Å². The number of rotatable bonds is 2. The van der Waals surface area contributed by atoms with Crippen molar-refractivity contribution in [1.29, 1.82) is 0 Å². The second-order valence-corrected chi connectivity index (χ2v) is 7.19. The highest BCUT2D eigenvalue weighted by Gasteiger charge is 2.28. The fraction of sp³-hybridized carbons (Fsp3) is 1.00. The quantitative estimate of drug-likeness (QED) is 0.807. The molecule has 2 atom stereocenters. The van der Waals surface area contributed by atoms with Gasteiger partial charge < -0.3 is 10.2 Å². The van der Waals surface area contributed by atoms with E-state index in [4.69, 9.17) is 0 Å². The number of hydrogen-bond acceptors (Lipinski definition) is 3. The molecule has 2 saturated heterocycles. The van der Waals surface area contributed by atoms with E-state index in [0.717, 1.165) is 11.8 Å². The molecule has 0 aromatic heterocycles. The number of nitrogens with one attached hydrogen (secondary N) is 1. The molecule has 0 bridgehead atoms. The van der Waals surface area contributed by atoms with Gasteiger partial charge in [-0.2, -0.15) is 0 Å². The Bertz CT molecular complexity index is 251. The van der Waals surface area contributed by atoms with Gasteiger partial charge in [-0.3, -0.25) is 4.90 Å². The molecule has 2 fully saturated rings. The predicted octanol–water partition coefficient (Wildman–Crippen LogP) is 1.65. The Kier molecular flexibility index (Phi) is 4.68. The molecule has 0 aromatic carbocycles. The standard InChI is InChI=1S/C15H31N3/c1-13-11-16-6-5-14(13)12-17-7-9-18(10-8-17)15(2,3)4/h13-14,16H,5-12H2,1-4H3. The lowest BCUT2D eigenvalue weighted by atomic mass is 9.87. The summed E-state index contributed by atoms with van der Waals surface area (Å²) in [5.41, 5.74) is 0.341. The van der Waals surface area contributed by atoms with Crippen LogP contribution < -0.4 is 5.32 Å². The Morgan fingerprint density at radius 1 is 1.11 bits per heavy atom. The zero-order valence-electron chi connectivity index (χ0n) is 12.7. The van der Waals surface area contributed by atoms with Crippen molar-refractivity contribution in [1.82, 2.24) is 15.1 Å². The maximum Gasteiger partial charge on any atom is 0.0126 e. The molecule has 18 heavy (non-hydrogen) atoms. The highest BCUT2D eigenvalue weighted by molar-refractivity contribution is 4.84. The zero-order valence-corrected chi connectivity index (χ0v) is 12.7. The maximum atomic E-state index is 3.50. The number of nitrogens with zero attached hydrogens (tertiary/aromatic N) is 2. The lowest BCUT2D eigenvalue weighted by molar-refractivity contribution is 0.0476. The summed E-state index contributed by atoms with van der Waals surface area (Å²) in [6.07, 6.45) is 1.36. The van der Waals surface area contributed by atoms with Gasteiger partial charge in [0.2, 0.25) is 0 Å². The molecule has 1 N–H and O–H groups in total. The molecular formula is C15H31N3. The number of piperazine rings is 1. The summed E-state index contributed by atoms with van der Waals surface area (Å²) in [5, 5.41) is 3.50. The second kappa shape index (κ2) is 5.89. The molecule has 2 aliphatic heterocycles. The van der Waals surface area contributed by atoms with Gasteiger partial charge in [0.15, 0.2) is 0 Å². The van der Waals surface area contributed by atoms with E-state index in [-0.39, 0.29) is 0 Å². The average molecular weight is 253 g/mol. The largest absolute Gasteiger partial charge is 0.316 e. The maximum absolute atomic E-state index is 3.50. The Morgan fingerprint density at radius 2 is 1.78 bits per heavy atom. The summed E-state index contributed by atoms with van der Waals surface area (Å²) in [4.78, 5) is 5.31. The summed E-state index contributed by atoms with van der Waals surface area (Å²) in [6.45, 7) is 18.1. The van der Waals surface area contributed by atoms with Crippen LogP contribution in [0.15, 0.2) is 0 Å². The van der Waals surface area contributed by atoms with Crippen LogP contribution in [-0.4, -0.2) is 61.2 Å². The summed E-state index contributed by atoms with van der Waals surface area (Å²) in [6, 6.07) is 0. The van der Waals surface area contributed by atoms with E-state index in [1.54, 1.807) is 0 Å². The SMILES string of the molecule is CC1CNCCC1CN1CCN(C(C)(C)C)CC1. The molecule has 2 rings (SSSR count). The van der Waals surface area contributed by atoms with E-state index in [9.17, 15) is 0 Å². The Balaban J connectivity index is 1.76. The van der Waals surface area contributed by atoms with Crippen molar-refractivity contribution in [2.75, 3.05) is 45.8 Å². The first kappa shape index (κ1) is 14.3. The summed E-state index contributed by atoms with van der Waals surface area (Å²) >= 11 is 0. The van der Waals surface area contributed by atoms with Gasteiger partial charge >= 0.3 is 0 Å². The first-order valence-electron chi connectivity index (χ1n) is 7.65. The molecule has 3 nitrogen and oxygen atoms in total. The van der Waals surface area contributed by atoms with Gasteiger partial charge in [-0.1, -0.05) is 6.92 Å². The van der Waals surface area contributed by atoms with Crippen molar-refractivity contribution in [2.24, 2.45) is 11.8 Å². The minimum Gasteiger partial charge on any atom is -0.316 e. The molecule has 0 amide bonds. The molecule has 2 heterocycles. The van der Waals surface area contributed by atoms with Crippen LogP contribution in [-0.2, 0) is 0 Å². The van der Waals surface area contributed by atoms with Gasteiger partial charge in [-0.05, 0) is 52.1 Å². The van der Waals surface area contributed by atoms with Gasteiger partial charge in [0.1, 0.15) is 0 Å². The number of hydrogen-bond donors (Lipinski definition) is 1. The highest BCUT2D eigenvalue weighted by Crippen LogP contribution is 2.22. The Labute approximate surface area is 113 Å². The van der Waals surface area contributed by atoms with Gasteiger partial charge in [0.05, 0.1) is 0 Å². The first-order valence-corrected chi connectivity index (χ1v) is 7.65. The smallest absolute Gasteiger partial charge is 0.0126 e. The molecule has 2 aliphatic rings. The molecular weight excluding hydrogens is 222 g/mol. The van der Waals surface area contributed by atoms with E-state index in [2.05, 4.69) is 42.8 Å². The van der Waals surface area contributed by atoms with Gasteiger partial charge in [0, 0.05) is 38.3 Å². The van der Waals surface area contributed by atoms with E-state index in [1.165, 1.54) is 52.2 Å². The highest BCUT2D eigenvalue weighted by atomic mass is 15.3. The van der Waals surface area contributed by atoms with Crippen LogP contribution in [0.2, 0.25) is 0 Å². The van der Waals surface area contributed by atoms with E-state index < -0.39 is 0 Å². The van der Waals surface area contributed by atoms with Gasteiger partial charge in [-0.25, -0.2) is 0 Å². The summed E-state index contributed by atoms with van der Waals surface area (Å²) in [7, 11) is 0. The monoisotopic (exact) mass is 253 g/mol. The van der Waals surface area contributed by atoms with Crippen LogP contribution in [0.4, 0.5) is 0 Å². The minimum absolute atomic E-state index is 0.341. The van der Waals surface area contributed by atoms with Crippen LogP contribution in [0.3, 0.4) is 0 Å². The van der Waals surface area contributed by atoms with Crippen LogP contribution in [0.1, 0.15) is 34.1 Å². The topological polar surface area (TPSA) is 18.5 Å². The molecule has 3 heteroatoms. The van der Waals surface area contributed by atoms with Crippen LogP contribution in [0, 0.1) is 11.8 Å².